The summed E-state index contributed by atoms with van der Waals surface area (Å²) in [6, 6.07) is 7.97. The molecule has 2 aliphatic heterocycles. The van der Waals surface area contributed by atoms with Gasteiger partial charge in [-0.3, -0.25) is 14.6 Å². The van der Waals surface area contributed by atoms with Crippen LogP contribution in [0.2, 0.25) is 0 Å². The molecule has 1 aromatic rings. The van der Waals surface area contributed by atoms with Gasteiger partial charge in [-0.25, -0.2) is 9.69 Å². The lowest BCUT2D eigenvalue weighted by atomic mass is 9.77. The van der Waals surface area contributed by atoms with E-state index in [1.54, 1.807) is 7.11 Å². The molecule has 2 saturated heterocycles. The van der Waals surface area contributed by atoms with Crippen molar-refractivity contribution in [2.45, 2.75) is 44.7 Å². The first-order chi connectivity index (χ1) is 14.0. The van der Waals surface area contributed by atoms with Gasteiger partial charge in [-0.15, -0.1) is 0 Å². The second-order valence-corrected chi connectivity index (χ2v) is 8.81. The molecule has 3 aliphatic rings. The Labute approximate surface area is 173 Å². The van der Waals surface area contributed by atoms with Gasteiger partial charge < -0.3 is 10.1 Å². The van der Waals surface area contributed by atoms with E-state index in [1.807, 2.05) is 12.1 Å². The third kappa shape index (κ3) is 4.26. The normalized spacial score (nSPS) is 28.8. The number of urea groups is 1. The molecule has 0 radical (unpaired) electrons. The zero-order chi connectivity index (χ0) is 20.4. The topological polar surface area (TPSA) is 65.1 Å². The number of benzene rings is 1. The number of methoxy groups -OCH3 is 1. The van der Waals surface area contributed by atoms with Crippen LogP contribution >= 0.6 is 0 Å². The van der Waals surface area contributed by atoms with Gasteiger partial charge in [0.05, 0.1) is 13.8 Å². The van der Waals surface area contributed by atoms with E-state index in [2.05, 4.69) is 34.2 Å². The highest BCUT2D eigenvalue weighted by atomic mass is 16.5. The molecule has 29 heavy (non-hydrogen) atoms. The van der Waals surface area contributed by atoms with Crippen LogP contribution in [-0.2, 0) is 11.3 Å². The maximum atomic E-state index is 13.0. The van der Waals surface area contributed by atoms with Crippen molar-refractivity contribution in [3.05, 3.63) is 29.8 Å². The first-order valence-electron chi connectivity index (χ1n) is 10.7. The van der Waals surface area contributed by atoms with Crippen molar-refractivity contribution in [2.24, 2.45) is 5.92 Å². The summed E-state index contributed by atoms with van der Waals surface area (Å²) in [4.78, 5) is 31.6. The van der Waals surface area contributed by atoms with Gasteiger partial charge in [0.25, 0.3) is 5.91 Å². The maximum absolute atomic E-state index is 13.0. The van der Waals surface area contributed by atoms with Crippen molar-refractivity contribution in [3.8, 4) is 5.75 Å². The highest BCUT2D eigenvalue weighted by Gasteiger charge is 2.52. The molecule has 1 spiro atoms. The van der Waals surface area contributed by atoms with Crippen molar-refractivity contribution in [1.29, 1.82) is 0 Å². The Morgan fingerprint density at radius 2 is 1.66 bits per heavy atom. The molecule has 7 nitrogen and oxygen atoms in total. The number of amides is 3. The van der Waals surface area contributed by atoms with Crippen molar-refractivity contribution in [3.63, 3.8) is 0 Å². The minimum absolute atomic E-state index is 0.0185. The van der Waals surface area contributed by atoms with Gasteiger partial charge in [-0.2, -0.15) is 0 Å². The molecule has 158 valence electrons. The molecular weight excluding hydrogens is 368 g/mol. The average molecular weight is 401 g/mol. The molecule has 0 aromatic heterocycles. The van der Waals surface area contributed by atoms with Crippen LogP contribution in [0.15, 0.2) is 24.3 Å². The molecular formula is C22H32N4O3. The highest BCUT2D eigenvalue weighted by Crippen LogP contribution is 2.36. The standard InChI is InChI=1S/C22H32N4O3/c1-17-7-9-22(10-8-17)20(27)26(21(28)23-22)16-25-13-11-24(12-14-25)15-18-3-5-19(29-2)6-4-18/h3-6,17H,7-16H2,1-2H3,(H,23,28). The van der Waals surface area contributed by atoms with Crippen LogP contribution in [0.1, 0.15) is 38.2 Å². The van der Waals surface area contributed by atoms with Crippen LogP contribution in [0.5, 0.6) is 5.75 Å². The Kier molecular flexibility index (Phi) is 5.79. The molecule has 0 unspecified atom stereocenters. The number of hydrogen-bond donors (Lipinski definition) is 1. The highest BCUT2D eigenvalue weighted by molar-refractivity contribution is 6.07. The molecule has 2 heterocycles. The first kappa shape index (κ1) is 20.2. The lowest BCUT2D eigenvalue weighted by molar-refractivity contribution is -0.134. The number of imide groups is 1. The Bertz CT molecular complexity index is 735. The molecule has 4 rings (SSSR count). The molecule has 1 aliphatic carbocycles. The third-order valence-corrected chi connectivity index (χ3v) is 6.75. The van der Waals surface area contributed by atoms with E-state index >= 15 is 0 Å². The van der Waals surface area contributed by atoms with Gasteiger partial charge in [-0.05, 0) is 49.3 Å². The van der Waals surface area contributed by atoms with Crippen molar-refractivity contribution >= 4 is 11.9 Å². The zero-order valence-electron chi connectivity index (χ0n) is 17.5. The predicted molar refractivity (Wildman–Crippen MR) is 110 cm³/mol. The van der Waals surface area contributed by atoms with Crippen LogP contribution in [-0.4, -0.2) is 72.1 Å². The van der Waals surface area contributed by atoms with E-state index in [-0.39, 0.29) is 11.9 Å². The molecule has 3 fully saturated rings. The van der Waals surface area contributed by atoms with Gasteiger partial charge in [0.2, 0.25) is 0 Å². The summed E-state index contributed by atoms with van der Waals surface area (Å²) in [6.45, 7) is 7.10. The summed E-state index contributed by atoms with van der Waals surface area (Å²) >= 11 is 0. The van der Waals surface area contributed by atoms with Crippen molar-refractivity contribution < 1.29 is 14.3 Å². The van der Waals surface area contributed by atoms with Crippen molar-refractivity contribution in [1.82, 2.24) is 20.0 Å². The number of nitrogens with zero attached hydrogens (tertiary/aromatic N) is 3. The van der Waals surface area contributed by atoms with E-state index in [0.717, 1.165) is 64.2 Å². The average Bonchev–Trinajstić information content (AvgIpc) is 2.96. The predicted octanol–water partition coefficient (Wildman–Crippen LogP) is 2.27. The van der Waals surface area contributed by atoms with E-state index < -0.39 is 5.54 Å². The van der Waals surface area contributed by atoms with Gasteiger partial charge in [0.15, 0.2) is 0 Å². The van der Waals surface area contributed by atoms with Crippen molar-refractivity contribution in [2.75, 3.05) is 40.0 Å². The monoisotopic (exact) mass is 400 g/mol. The second-order valence-electron chi connectivity index (χ2n) is 8.81. The number of carbonyl (C=O) groups is 2. The van der Waals surface area contributed by atoms with Gasteiger partial charge >= 0.3 is 6.03 Å². The Morgan fingerprint density at radius 1 is 1.03 bits per heavy atom. The quantitative estimate of drug-likeness (QED) is 0.768. The van der Waals surface area contributed by atoms with E-state index in [9.17, 15) is 9.59 Å². The van der Waals surface area contributed by atoms with E-state index in [1.165, 1.54) is 10.5 Å². The summed E-state index contributed by atoms with van der Waals surface area (Å²) in [5, 5.41) is 3.02. The minimum atomic E-state index is -0.639. The lowest BCUT2D eigenvalue weighted by Crippen LogP contribution is -2.52. The summed E-state index contributed by atoms with van der Waals surface area (Å²) in [5.74, 6) is 1.49. The molecule has 0 atom stereocenters. The van der Waals surface area contributed by atoms with E-state index in [0.29, 0.717) is 12.6 Å². The first-order valence-corrected chi connectivity index (χ1v) is 10.7. The zero-order valence-corrected chi connectivity index (χ0v) is 17.5. The molecule has 1 saturated carbocycles. The number of nitrogens with one attached hydrogen (secondary N) is 1. The van der Waals surface area contributed by atoms with Crippen LogP contribution in [0.3, 0.4) is 0 Å². The number of piperazine rings is 1. The fraction of sp³-hybridized carbons (Fsp3) is 0.636. The second kappa shape index (κ2) is 8.32. The molecule has 3 amide bonds. The summed E-state index contributed by atoms with van der Waals surface area (Å²) < 4.78 is 5.22. The maximum Gasteiger partial charge on any atom is 0.326 e. The third-order valence-electron chi connectivity index (χ3n) is 6.75. The van der Waals surface area contributed by atoms with Crippen LogP contribution in [0.4, 0.5) is 4.79 Å². The number of carbonyl (C=O) groups excluding carboxylic acids is 2. The Hall–Kier alpha value is -2.12. The van der Waals surface area contributed by atoms with Gasteiger partial charge in [0, 0.05) is 32.7 Å². The summed E-state index contributed by atoms with van der Waals surface area (Å²) in [5.41, 5.74) is 0.626. The minimum Gasteiger partial charge on any atom is -0.497 e. The summed E-state index contributed by atoms with van der Waals surface area (Å²) in [6.07, 6.45) is 3.55. The number of rotatable bonds is 5. The van der Waals surface area contributed by atoms with Crippen LogP contribution in [0.25, 0.3) is 0 Å². The fourth-order valence-corrected chi connectivity index (χ4v) is 4.68. The van der Waals surface area contributed by atoms with E-state index in [4.69, 9.17) is 4.74 Å². The molecule has 1 N–H and O–H groups in total. The molecule has 7 heteroatoms. The number of ether oxygens (including phenoxy) is 1. The van der Waals surface area contributed by atoms with Crippen LogP contribution in [0, 0.1) is 5.92 Å². The largest absolute Gasteiger partial charge is 0.497 e. The molecule has 0 bridgehead atoms. The lowest BCUT2D eigenvalue weighted by Gasteiger charge is -2.37. The van der Waals surface area contributed by atoms with Crippen LogP contribution < -0.4 is 10.1 Å². The molecule has 1 aromatic carbocycles. The smallest absolute Gasteiger partial charge is 0.326 e. The fourth-order valence-electron chi connectivity index (χ4n) is 4.68. The Balaban J connectivity index is 1.28. The van der Waals surface area contributed by atoms with Gasteiger partial charge in [-0.1, -0.05) is 19.1 Å². The van der Waals surface area contributed by atoms with Gasteiger partial charge in [0.1, 0.15) is 11.3 Å². The number of hydrogen-bond acceptors (Lipinski definition) is 5. The SMILES string of the molecule is COc1ccc(CN2CCN(CN3C(=O)NC4(CCC(C)CC4)C3=O)CC2)cc1. The summed E-state index contributed by atoms with van der Waals surface area (Å²) in [7, 11) is 1.68. The Morgan fingerprint density at radius 3 is 2.28 bits per heavy atom.